The monoisotopic (exact) mass is 376 g/mol. The van der Waals surface area contributed by atoms with Crippen molar-refractivity contribution in [3.05, 3.63) is 28.0 Å². The molecule has 2 fully saturated rings. The Morgan fingerprint density at radius 1 is 1.38 bits per heavy atom. The molecule has 0 aromatic heterocycles. The highest BCUT2D eigenvalue weighted by molar-refractivity contribution is 9.10. The Morgan fingerprint density at radius 3 is 2.62 bits per heavy atom. The third kappa shape index (κ3) is 3.64. The first kappa shape index (κ1) is 15.4. The topological polar surface area (TPSA) is 58.2 Å². The lowest BCUT2D eigenvalue weighted by Crippen LogP contribution is -2.28. The molecule has 4 nitrogen and oxygen atoms in total. The van der Waals surface area contributed by atoms with Gasteiger partial charge in [0, 0.05) is 28.7 Å². The summed E-state index contributed by atoms with van der Waals surface area (Å²) in [6, 6.07) is 3.32. The Hall–Kier alpha value is -0.500. The van der Waals surface area contributed by atoms with Gasteiger partial charge in [0.25, 0.3) is 0 Å². The maximum absolute atomic E-state index is 14.5. The van der Waals surface area contributed by atoms with Crippen LogP contribution in [0.3, 0.4) is 0 Å². The molecule has 2 atom stereocenters. The predicted molar refractivity (Wildman–Crippen MR) is 81.9 cm³/mol. The largest absolute Gasteiger partial charge is 0.310 e. The Kier molecular flexibility index (Phi) is 4.11. The van der Waals surface area contributed by atoms with E-state index in [0.717, 1.165) is 19.3 Å². The fourth-order valence-corrected chi connectivity index (χ4v) is 4.39. The number of rotatable bonds is 6. The third-order valence-corrected chi connectivity index (χ3v) is 5.89. The summed E-state index contributed by atoms with van der Waals surface area (Å²) in [6.07, 6.45) is 3.01. The van der Waals surface area contributed by atoms with Crippen molar-refractivity contribution in [3.8, 4) is 0 Å². The maximum atomic E-state index is 14.5. The summed E-state index contributed by atoms with van der Waals surface area (Å²) in [7, 11) is -3.81. The van der Waals surface area contributed by atoms with Crippen molar-refractivity contribution in [3.63, 3.8) is 0 Å². The Bertz CT molecular complexity index is 661. The van der Waals surface area contributed by atoms with Gasteiger partial charge in [-0.2, -0.15) is 0 Å². The molecule has 2 aliphatic carbocycles. The molecular weight excluding hydrogens is 359 g/mol. The zero-order valence-electron chi connectivity index (χ0n) is 11.7. The molecule has 0 bridgehead atoms. The quantitative estimate of drug-likeness (QED) is 0.801. The Morgan fingerprint density at radius 2 is 2.05 bits per heavy atom. The molecule has 0 spiro atoms. The first-order valence-corrected chi connectivity index (χ1v) is 9.38. The molecule has 2 aliphatic rings. The van der Waals surface area contributed by atoms with Gasteiger partial charge in [-0.25, -0.2) is 17.5 Å². The normalized spacial score (nSPS) is 25.1. The van der Waals surface area contributed by atoms with Gasteiger partial charge >= 0.3 is 0 Å². The van der Waals surface area contributed by atoms with E-state index < -0.39 is 15.8 Å². The van der Waals surface area contributed by atoms with Crippen LogP contribution >= 0.6 is 15.9 Å². The van der Waals surface area contributed by atoms with Crippen LogP contribution in [0.15, 0.2) is 21.5 Å². The standard InChI is InChI=1S/C14H18BrFN2O2S/c1-8-4-12(8)18-21(19,20)13-6-10(15)5-9(14(13)16)7-17-11-2-3-11/h5-6,8,11-12,17-18H,2-4,7H2,1H3. The molecule has 21 heavy (non-hydrogen) atoms. The van der Waals surface area contributed by atoms with Gasteiger partial charge in [0.1, 0.15) is 10.7 Å². The zero-order valence-corrected chi connectivity index (χ0v) is 14.1. The van der Waals surface area contributed by atoms with Crippen molar-refractivity contribution in [2.45, 2.75) is 49.7 Å². The molecule has 3 rings (SSSR count). The minimum atomic E-state index is -3.81. The van der Waals surface area contributed by atoms with Gasteiger partial charge in [0.15, 0.2) is 0 Å². The van der Waals surface area contributed by atoms with Gasteiger partial charge < -0.3 is 5.32 Å². The number of nitrogens with one attached hydrogen (secondary N) is 2. The minimum Gasteiger partial charge on any atom is -0.310 e. The zero-order chi connectivity index (χ0) is 15.2. The van der Waals surface area contributed by atoms with E-state index in [-0.39, 0.29) is 10.9 Å². The lowest BCUT2D eigenvalue weighted by Gasteiger charge is -2.12. The summed E-state index contributed by atoms with van der Waals surface area (Å²) >= 11 is 3.27. The SMILES string of the molecule is CC1CC1NS(=O)(=O)c1cc(Br)cc(CNC2CC2)c1F. The predicted octanol–water partition coefficient (Wildman–Crippen LogP) is 2.53. The molecule has 0 radical (unpaired) electrons. The van der Waals surface area contributed by atoms with Gasteiger partial charge in [0.2, 0.25) is 10.0 Å². The Balaban J connectivity index is 1.85. The lowest BCUT2D eigenvalue weighted by molar-refractivity contribution is 0.539. The van der Waals surface area contributed by atoms with E-state index in [1.54, 1.807) is 6.07 Å². The average molecular weight is 377 g/mol. The van der Waals surface area contributed by atoms with Gasteiger partial charge in [-0.05, 0) is 37.3 Å². The molecule has 0 amide bonds. The van der Waals surface area contributed by atoms with Crippen molar-refractivity contribution >= 4 is 26.0 Å². The summed E-state index contributed by atoms with van der Waals surface area (Å²) < 4.78 is 42.3. The molecule has 0 aliphatic heterocycles. The van der Waals surface area contributed by atoms with Crippen molar-refractivity contribution in [1.82, 2.24) is 10.0 Å². The number of benzene rings is 1. The number of halogens is 2. The van der Waals surface area contributed by atoms with Crippen LogP contribution in [0.2, 0.25) is 0 Å². The number of hydrogen-bond acceptors (Lipinski definition) is 3. The number of sulfonamides is 1. The van der Waals surface area contributed by atoms with E-state index in [1.807, 2.05) is 6.92 Å². The molecule has 0 heterocycles. The Labute approximate surface area is 132 Å². The first-order valence-electron chi connectivity index (χ1n) is 7.10. The van der Waals surface area contributed by atoms with Crippen molar-refractivity contribution < 1.29 is 12.8 Å². The third-order valence-electron chi connectivity index (χ3n) is 3.94. The fraction of sp³-hybridized carbons (Fsp3) is 0.571. The van der Waals surface area contributed by atoms with Crippen LogP contribution in [0.4, 0.5) is 4.39 Å². The van der Waals surface area contributed by atoms with E-state index in [2.05, 4.69) is 26.0 Å². The van der Waals surface area contributed by atoms with Gasteiger partial charge in [-0.15, -0.1) is 0 Å². The van der Waals surface area contributed by atoms with Gasteiger partial charge in [-0.3, -0.25) is 0 Å². The van der Waals surface area contributed by atoms with Crippen LogP contribution in [0.1, 0.15) is 31.7 Å². The molecular formula is C14H18BrFN2O2S. The second-order valence-corrected chi connectivity index (χ2v) is 8.57. The van der Waals surface area contributed by atoms with E-state index in [1.165, 1.54) is 6.07 Å². The summed E-state index contributed by atoms with van der Waals surface area (Å²) in [6.45, 7) is 2.31. The van der Waals surface area contributed by atoms with E-state index in [9.17, 15) is 12.8 Å². The molecule has 7 heteroatoms. The van der Waals surface area contributed by atoms with E-state index in [4.69, 9.17) is 0 Å². The lowest BCUT2D eigenvalue weighted by atomic mass is 10.2. The van der Waals surface area contributed by atoms with Crippen LogP contribution in [0.5, 0.6) is 0 Å². The molecule has 2 N–H and O–H groups in total. The summed E-state index contributed by atoms with van der Waals surface area (Å²) in [5.41, 5.74) is 0.375. The van der Waals surface area contributed by atoms with Crippen LogP contribution < -0.4 is 10.0 Å². The molecule has 2 unspecified atom stereocenters. The summed E-state index contributed by atoms with van der Waals surface area (Å²) in [4.78, 5) is -0.274. The van der Waals surface area contributed by atoms with Crippen molar-refractivity contribution in [1.29, 1.82) is 0 Å². The fourth-order valence-electron chi connectivity index (χ4n) is 2.23. The van der Waals surface area contributed by atoms with Crippen molar-refractivity contribution in [2.24, 2.45) is 5.92 Å². The highest BCUT2D eigenvalue weighted by atomic mass is 79.9. The summed E-state index contributed by atoms with van der Waals surface area (Å²) in [5.74, 6) is -0.335. The van der Waals surface area contributed by atoms with Crippen LogP contribution in [-0.4, -0.2) is 20.5 Å². The summed E-state index contributed by atoms with van der Waals surface area (Å²) in [5, 5.41) is 3.20. The van der Waals surface area contributed by atoms with E-state index >= 15 is 0 Å². The van der Waals surface area contributed by atoms with Gasteiger partial charge in [0.05, 0.1) is 0 Å². The highest BCUT2D eigenvalue weighted by Gasteiger charge is 2.37. The second kappa shape index (κ2) is 5.61. The smallest absolute Gasteiger partial charge is 0.243 e. The minimum absolute atomic E-state index is 0.0681. The molecule has 1 aromatic rings. The molecule has 0 saturated heterocycles. The van der Waals surface area contributed by atoms with Crippen LogP contribution in [-0.2, 0) is 16.6 Å². The molecule has 1 aromatic carbocycles. The maximum Gasteiger partial charge on any atom is 0.243 e. The first-order chi connectivity index (χ1) is 9.87. The second-order valence-electron chi connectivity index (χ2n) is 5.97. The molecule has 2 saturated carbocycles. The van der Waals surface area contributed by atoms with E-state index in [0.29, 0.717) is 28.5 Å². The highest BCUT2D eigenvalue weighted by Crippen LogP contribution is 2.32. The van der Waals surface area contributed by atoms with Crippen molar-refractivity contribution in [2.75, 3.05) is 0 Å². The van der Waals surface area contributed by atoms with Crippen LogP contribution in [0, 0.1) is 11.7 Å². The molecule has 116 valence electrons. The number of hydrogen-bond donors (Lipinski definition) is 2. The van der Waals surface area contributed by atoms with Crippen LogP contribution in [0.25, 0.3) is 0 Å². The van der Waals surface area contributed by atoms with Gasteiger partial charge in [-0.1, -0.05) is 22.9 Å². The average Bonchev–Trinajstić information content (AvgIpc) is 3.30.